The minimum absolute atomic E-state index is 0.0136. The van der Waals surface area contributed by atoms with Crippen LogP contribution in [0.4, 0.5) is 21.9 Å². The average molecular weight is 1460 g/mol. The molecule has 0 saturated heterocycles. The summed E-state index contributed by atoms with van der Waals surface area (Å²) in [6.45, 7) is 18.3. The standard InChI is InChI=1S/C76H98N10O17S/c1-40(2)61(82-55(88)23-16-15-17-34-85-56(89)30-31-57(85)90)74(98)81-52(22-19-33-78-75(77)99)73(97)79-49-26-24-48(25-27-49)39-86(12,13)36-35-84(11)50-28-29-51-54(38-50)104-70-62(80-51)58-59-66(93)46(8)69-60(58)71(95)76(10,103-69)101-37-32-53(100-14)43(5)68(102-47(9)87)45(7)65(92)44(6)64(91)41(3)20-18-21-42(4)72(96)83-63(70)67(59)94/h18,20-21,24-32,37-38,40-41,43-45,52-53,61,64-65,68,91-92H,15-17,19,22-23,33-36,39H2,1-14H3,(H7-,77,78,79,80,81,82,83,88,93,94,95,96,97,98,99)/p+1/b20-18+,37-32+,42-21-/t41-,43+,44+,45+,52-,53-,61-,64-,65+,68+,76-/m0/s1. The second-order valence-electron chi connectivity index (χ2n) is 28.6. The second kappa shape index (κ2) is 34.3. The number of amides is 8. The lowest BCUT2D eigenvalue weighted by atomic mass is 9.78. The van der Waals surface area contributed by atoms with E-state index in [4.69, 9.17) is 29.7 Å². The predicted octanol–water partition coefficient (Wildman–Crippen LogP) is 7.68. The van der Waals surface area contributed by atoms with E-state index in [9.17, 15) is 58.5 Å². The number of rotatable bonds is 24. The molecule has 4 aromatic carbocycles. The molecule has 4 bridgehead atoms. The highest BCUT2D eigenvalue weighted by molar-refractivity contribution is 7.25. The number of phenols is 1. The number of methoxy groups -OCH3 is 1. The highest BCUT2D eigenvalue weighted by Gasteiger charge is 2.50. The lowest BCUT2D eigenvalue weighted by Crippen LogP contribution is -2.54. The van der Waals surface area contributed by atoms with Crippen molar-refractivity contribution in [3.63, 3.8) is 0 Å². The van der Waals surface area contributed by atoms with Crippen molar-refractivity contribution in [1.82, 2.24) is 25.8 Å². The summed E-state index contributed by atoms with van der Waals surface area (Å²) >= 11 is 1.18. The van der Waals surface area contributed by atoms with Gasteiger partial charge in [0.1, 0.15) is 36.2 Å². The Morgan fingerprint density at radius 2 is 1.58 bits per heavy atom. The van der Waals surface area contributed by atoms with Crippen LogP contribution in [0, 0.1) is 36.5 Å². The van der Waals surface area contributed by atoms with Crippen molar-refractivity contribution in [3.05, 3.63) is 118 Å². The molecule has 10 N–H and O–H groups in total. The van der Waals surface area contributed by atoms with Crippen LogP contribution in [0.25, 0.3) is 31.2 Å². The summed E-state index contributed by atoms with van der Waals surface area (Å²) in [4.78, 5) is 141. The molecule has 0 spiro atoms. The number of aliphatic hydroxyl groups excluding tert-OH is 2. The van der Waals surface area contributed by atoms with Crippen molar-refractivity contribution < 1.29 is 81.9 Å². The van der Waals surface area contributed by atoms with Crippen LogP contribution in [0.5, 0.6) is 11.5 Å². The number of urea groups is 1. The zero-order valence-corrected chi connectivity index (χ0v) is 62.4. The van der Waals surface area contributed by atoms with E-state index >= 15 is 4.79 Å². The molecule has 104 heavy (non-hydrogen) atoms. The van der Waals surface area contributed by atoms with Gasteiger partial charge in [-0.15, -0.1) is 11.3 Å². The Labute approximate surface area is 608 Å². The molecule has 8 amide bonds. The number of hydrogen-bond donors (Lipinski definition) is 9. The third-order valence-corrected chi connectivity index (χ3v) is 20.8. The van der Waals surface area contributed by atoms with Gasteiger partial charge in [-0.25, -0.2) is 9.78 Å². The number of fused-ring (bicyclic) bond motifs is 2. The van der Waals surface area contributed by atoms with E-state index in [1.54, 1.807) is 72.8 Å². The monoisotopic (exact) mass is 1460 g/mol. The number of Topliss-reactive ketones (excluding diaryl/α,β-unsaturated/α-hetero) is 1. The number of ether oxygens (including phenoxy) is 4. The lowest BCUT2D eigenvalue weighted by molar-refractivity contribution is -0.902. The summed E-state index contributed by atoms with van der Waals surface area (Å²) in [5.41, 5.74) is 7.37. The van der Waals surface area contributed by atoms with Gasteiger partial charge in [0.15, 0.2) is 11.2 Å². The molecule has 0 saturated carbocycles. The maximum absolute atomic E-state index is 15.1. The van der Waals surface area contributed by atoms with Gasteiger partial charge in [-0.1, -0.05) is 78.3 Å². The van der Waals surface area contributed by atoms with E-state index in [-0.39, 0.29) is 105 Å². The van der Waals surface area contributed by atoms with E-state index in [0.717, 1.165) is 16.2 Å². The zero-order chi connectivity index (χ0) is 76.4. The predicted molar refractivity (Wildman–Crippen MR) is 396 cm³/mol. The number of allylic oxidation sites excluding steroid dienone is 2. The molecule has 3 aliphatic heterocycles. The molecule has 560 valence electrons. The number of aromatic hydroxyl groups is 1. The van der Waals surface area contributed by atoms with Gasteiger partial charge in [0.05, 0.1) is 83.1 Å². The topological polar surface area (TPSA) is 374 Å². The number of ketones is 1. The Kier molecular flexibility index (Phi) is 26.4. The summed E-state index contributed by atoms with van der Waals surface area (Å²) in [6, 6.07) is 10.2. The number of aliphatic hydroxyl groups is 2. The van der Waals surface area contributed by atoms with Gasteiger partial charge in [0, 0.05) is 117 Å². The number of quaternary nitrogens is 1. The van der Waals surface area contributed by atoms with Crippen LogP contribution in [-0.2, 0) is 54.3 Å². The Hall–Kier alpha value is -9.61. The maximum Gasteiger partial charge on any atom is 0.312 e. The fourth-order valence-corrected chi connectivity index (χ4v) is 14.4. The van der Waals surface area contributed by atoms with E-state index < -0.39 is 113 Å². The number of nitrogens with two attached hydrogens (primary N) is 1. The van der Waals surface area contributed by atoms with E-state index in [1.807, 2.05) is 37.4 Å². The number of nitrogens with zero attached hydrogens (tertiary/aromatic N) is 4. The first kappa shape index (κ1) is 80.1. The van der Waals surface area contributed by atoms with Crippen LogP contribution < -0.4 is 47.4 Å². The molecule has 11 atom stereocenters. The number of carbonyl (C=O) groups excluding carboxylic acids is 9. The highest BCUT2D eigenvalue weighted by Crippen LogP contribution is 2.50. The molecule has 28 heteroatoms. The first-order valence-corrected chi connectivity index (χ1v) is 35.9. The van der Waals surface area contributed by atoms with E-state index in [1.165, 1.54) is 69.8 Å². The molecule has 0 radical (unpaired) electrons. The van der Waals surface area contributed by atoms with Gasteiger partial charge in [-0.05, 0) is 81.9 Å². The number of aromatic nitrogens is 1. The minimum Gasteiger partial charge on any atom is -0.505 e. The maximum atomic E-state index is 15.1. The first-order chi connectivity index (χ1) is 49.1. The average Bonchev–Trinajstić information content (AvgIpc) is 1.43. The zero-order valence-electron chi connectivity index (χ0n) is 61.5. The summed E-state index contributed by atoms with van der Waals surface area (Å²) in [6.07, 6.45) is 8.00. The van der Waals surface area contributed by atoms with Crippen molar-refractivity contribution >= 4 is 113 Å². The first-order valence-electron chi connectivity index (χ1n) is 35.1. The molecule has 1 aromatic heterocycles. The van der Waals surface area contributed by atoms with Crippen LogP contribution in [0.2, 0.25) is 0 Å². The molecular formula is C76H99N10O17S+. The van der Waals surface area contributed by atoms with Crippen molar-refractivity contribution in [2.45, 2.75) is 157 Å². The number of anilines is 3. The second-order valence-corrected chi connectivity index (χ2v) is 29.6. The van der Waals surface area contributed by atoms with Crippen molar-refractivity contribution in [2.75, 3.05) is 70.0 Å². The molecule has 5 aromatic rings. The normalized spacial score (nSPS) is 23.4. The van der Waals surface area contributed by atoms with Gasteiger partial charge in [0.25, 0.3) is 23.5 Å². The number of phenolic OH excluding ortho intramolecular Hbond substituents is 1. The number of primary amides is 1. The SMILES string of the molecule is CO[C@H]1/C=C/O[C@@]2(C)Oc3c(C)c(=O)c4c(O)c(c5sc6cc(N(C)CC[N+](C)(C)Cc7ccc(NC(=O)[C@H](CCCNC(N)=O)NC(=O)[C@@H](NC(=O)CCCCCN8C(=O)C=CC8=O)C(C)C)cc7)ccc6nc5c4c3C2=O)NC(=O)/C(C)=C\C=C\[C@H](C)[C@H](O)[C@@H](C)[C@@H](O)[C@@H](C)[C@H](OC(C)=O)[C@@H]1C. The quantitative estimate of drug-likeness (QED) is 0.00544. The number of unbranched alkanes of at least 4 members (excludes halogenated alkanes) is 2. The van der Waals surface area contributed by atoms with Crippen LogP contribution in [0.15, 0.2) is 95.6 Å². The molecule has 27 nitrogen and oxygen atoms in total. The number of benzene rings is 4. The van der Waals surface area contributed by atoms with Gasteiger partial charge in [-0.3, -0.25) is 48.1 Å². The van der Waals surface area contributed by atoms with Crippen LogP contribution >= 0.6 is 11.3 Å². The van der Waals surface area contributed by atoms with Gasteiger partial charge in [-0.2, -0.15) is 0 Å². The molecule has 4 heterocycles. The summed E-state index contributed by atoms with van der Waals surface area (Å²) in [5, 5.41) is 49.4. The molecule has 3 aliphatic rings. The smallest absolute Gasteiger partial charge is 0.312 e. The van der Waals surface area contributed by atoms with Crippen LogP contribution in [-0.4, -0.2) is 180 Å². The van der Waals surface area contributed by atoms with Gasteiger partial charge >= 0.3 is 17.8 Å². The number of carbonyl (C=O) groups is 9. The van der Waals surface area contributed by atoms with Gasteiger partial charge in [0.2, 0.25) is 17.7 Å². The number of hydrogen-bond acceptors (Lipinski definition) is 20. The Morgan fingerprint density at radius 3 is 2.23 bits per heavy atom. The van der Waals surface area contributed by atoms with E-state index in [0.29, 0.717) is 59.3 Å². The van der Waals surface area contributed by atoms with E-state index in [2.05, 4.69) is 45.6 Å². The Balaban J connectivity index is 1.01. The summed E-state index contributed by atoms with van der Waals surface area (Å²) in [7, 11) is 7.56. The highest BCUT2D eigenvalue weighted by atomic mass is 32.1. The number of nitrogens with one attached hydrogen (secondary N) is 5. The summed E-state index contributed by atoms with van der Waals surface area (Å²) < 4.78 is 25.6. The van der Waals surface area contributed by atoms with Gasteiger partial charge < -0.3 is 76.0 Å². The summed E-state index contributed by atoms with van der Waals surface area (Å²) in [5.74, 6) is -9.92. The molecular weight excluding hydrogens is 1360 g/mol. The van der Waals surface area contributed by atoms with Crippen LogP contribution in [0.1, 0.15) is 122 Å². The Morgan fingerprint density at radius 1 is 0.885 bits per heavy atom. The number of imide groups is 1. The fourth-order valence-electron chi connectivity index (χ4n) is 13.3. The largest absolute Gasteiger partial charge is 0.505 e. The van der Waals surface area contributed by atoms with Crippen LogP contribution in [0.3, 0.4) is 0 Å². The third-order valence-electron chi connectivity index (χ3n) is 19.7. The minimum atomic E-state index is -2.08. The molecule has 0 aliphatic carbocycles. The lowest BCUT2D eigenvalue weighted by Gasteiger charge is -2.38. The molecule has 8 rings (SSSR count). The fraction of sp³-hybridized carbons (Fsp3) is 0.487. The van der Waals surface area contributed by atoms with Crippen molar-refractivity contribution in [3.8, 4) is 11.5 Å². The van der Waals surface area contributed by atoms with Crippen molar-refractivity contribution in [2.24, 2.45) is 35.3 Å². The Bertz CT molecular complexity index is 4280. The molecule has 0 fully saturated rings. The molecule has 0 unspecified atom stereocenters. The van der Waals surface area contributed by atoms with Crippen molar-refractivity contribution in [1.29, 1.82) is 0 Å². The third kappa shape index (κ3) is 18.8. The number of likely N-dealkylation sites (N-methyl/N-ethyl adjacent to an activating group) is 2. The number of esters is 1.